The highest BCUT2D eigenvalue weighted by atomic mass is 35.5. The molecular weight excluding hydrogens is 393 g/mol. The van der Waals surface area contributed by atoms with Crippen LogP contribution in [-0.2, 0) is 30.6 Å². The average molecular weight is 414 g/mol. The fraction of sp³-hybridized carbons (Fsp3) is 0.273. The van der Waals surface area contributed by atoms with Crippen LogP contribution in [0.2, 0.25) is 10.0 Å². The summed E-state index contributed by atoms with van der Waals surface area (Å²) in [5.74, 6) is -0.0166. The highest BCUT2D eigenvalue weighted by Crippen LogP contribution is 2.28. The van der Waals surface area contributed by atoms with Gasteiger partial charge in [0, 0.05) is 12.1 Å². The van der Waals surface area contributed by atoms with Gasteiger partial charge in [0.2, 0.25) is 5.91 Å². The van der Waals surface area contributed by atoms with Crippen LogP contribution in [0, 0.1) is 0 Å². The first-order valence-corrected chi connectivity index (χ1v) is 10.2. The lowest BCUT2D eigenvalue weighted by atomic mass is 10.1. The number of carbonyl (C=O) groups excluding carboxylic acids is 1. The zero-order valence-corrected chi connectivity index (χ0v) is 16.9. The minimum Gasteiger partial charge on any atom is -0.350 e. The summed E-state index contributed by atoms with van der Waals surface area (Å²) in [5.41, 5.74) is 5.46. The molecule has 2 aromatic carbocycles. The third-order valence-corrected chi connectivity index (χ3v) is 5.98. The Morgan fingerprint density at radius 1 is 1.07 bits per heavy atom. The predicted molar refractivity (Wildman–Crippen MR) is 112 cm³/mol. The molecular formula is C22H21Cl2N3O. The van der Waals surface area contributed by atoms with E-state index in [2.05, 4.69) is 17.4 Å². The molecule has 0 saturated carbocycles. The highest BCUT2D eigenvalue weighted by Gasteiger charge is 2.23. The van der Waals surface area contributed by atoms with E-state index < -0.39 is 0 Å². The Kier molecular flexibility index (Phi) is 5.69. The van der Waals surface area contributed by atoms with Crippen molar-refractivity contribution in [2.24, 2.45) is 0 Å². The third-order valence-electron chi connectivity index (χ3n) is 5.12. The van der Waals surface area contributed by atoms with Crippen LogP contribution < -0.4 is 5.32 Å². The Balaban J connectivity index is 1.41. The summed E-state index contributed by atoms with van der Waals surface area (Å²) in [7, 11) is 0. The highest BCUT2D eigenvalue weighted by molar-refractivity contribution is 6.42. The molecule has 0 saturated heterocycles. The molecule has 0 fully saturated rings. The maximum absolute atomic E-state index is 12.3. The molecule has 1 aromatic heterocycles. The maximum atomic E-state index is 12.3. The second kappa shape index (κ2) is 8.38. The van der Waals surface area contributed by atoms with Gasteiger partial charge in [-0.3, -0.25) is 4.79 Å². The topological polar surface area (TPSA) is 46.9 Å². The number of aromatic nitrogens is 2. The summed E-state index contributed by atoms with van der Waals surface area (Å²) in [6.07, 6.45) is 4.10. The number of nitrogens with zero attached hydrogens (tertiary/aromatic N) is 2. The van der Waals surface area contributed by atoms with Crippen molar-refractivity contribution in [3.8, 4) is 5.69 Å². The van der Waals surface area contributed by atoms with E-state index in [4.69, 9.17) is 28.3 Å². The van der Waals surface area contributed by atoms with Gasteiger partial charge < -0.3 is 5.32 Å². The minimum atomic E-state index is -0.0166. The van der Waals surface area contributed by atoms with E-state index in [0.29, 0.717) is 29.4 Å². The van der Waals surface area contributed by atoms with Gasteiger partial charge in [-0.05, 0) is 55.0 Å². The Hall–Kier alpha value is -2.30. The second-order valence-electron chi connectivity index (χ2n) is 6.96. The van der Waals surface area contributed by atoms with Crippen LogP contribution in [0.15, 0.2) is 48.5 Å². The molecule has 3 aromatic rings. The summed E-state index contributed by atoms with van der Waals surface area (Å²) in [4.78, 5) is 12.3. The number of nitrogens with one attached hydrogen (secondary N) is 1. The van der Waals surface area contributed by atoms with Crippen LogP contribution in [0.3, 0.4) is 0 Å². The van der Waals surface area contributed by atoms with E-state index in [1.807, 2.05) is 35.0 Å². The monoisotopic (exact) mass is 413 g/mol. The zero-order chi connectivity index (χ0) is 19.5. The van der Waals surface area contributed by atoms with Gasteiger partial charge >= 0.3 is 0 Å². The van der Waals surface area contributed by atoms with Gasteiger partial charge in [0.05, 0.1) is 28.0 Å². The molecule has 4 rings (SSSR count). The molecule has 0 spiro atoms. The van der Waals surface area contributed by atoms with Crippen LogP contribution in [0.25, 0.3) is 5.69 Å². The van der Waals surface area contributed by atoms with Crippen molar-refractivity contribution in [3.05, 3.63) is 81.1 Å². The molecule has 0 atom stereocenters. The molecule has 1 heterocycles. The number of halogens is 2. The van der Waals surface area contributed by atoms with E-state index in [9.17, 15) is 4.79 Å². The number of benzene rings is 2. The van der Waals surface area contributed by atoms with Crippen LogP contribution >= 0.6 is 23.2 Å². The van der Waals surface area contributed by atoms with Gasteiger partial charge in [0.1, 0.15) is 0 Å². The molecule has 0 radical (unpaired) electrons. The second-order valence-corrected chi connectivity index (χ2v) is 7.75. The maximum Gasteiger partial charge on any atom is 0.220 e. The van der Waals surface area contributed by atoms with Crippen molar-refractivity contribution >= 4 is 29.1 Å². The largest absolute Gasteiger partial charge is 0.350 e. The van der Waals surface area contributed by atoms with Crippen molar-refractivity contribution in [1.82, 2.24) is 15.1 Å². The van der Waals surface area contributed by atoms with Gasteiger partial charge in [-0.2, -0.15) is 5.10 Å². The van der Waals surface area contributed by atoms with Crippen LogP contribution in [-0.4, -0.2) is 15.7 Å². The summed E-state index contributed by atoms with van der Waals surface area (Å²) >= 11 is 12.2. The molecule has 4 nitrogen and oxygen atoms in total. The molecule has 1 amide bonds. The van der Waals surface area contributed by atoms with E-state index in [1.54, 1.807) is 6.07 Å². The molecule has 1 aliphatic carbocycles. The molecule has 144 valence electrons. The lowest BCUT2D eigenvalue weighted by Crippen LogP contribution is -2.24. The fourth-order valence-corrected chi connectivity index (χ4v) is 4.11. The number of fused-ring (bicyclic) bond motifs is 1. The Morgan fingerprint density at radius 3 is 2.71 bits per heavy atom. The van der Waals surface area contributed by atoms with E-state index >= 15 is 0 Å². The standard InChI is InChI=1S/C22H21Cl2N3O/c23-18-10-4-6-15(22(18)24)12-13-21(28)25-14-19-17-9-5-11-20(17)27(26-19)16-7-2-1-3-8-16/h1-4,6-8,10H,5,9,11-14H2,(H,25,28). The van der Waals surface area contributed by atoms with Gasteiger partial charge in [-0.15, -0.1) is 0 Å². The minimum absolute atomic E-state index is 0.0166. The van der Waals surface area contributed by atoms with Crippen molar-refractivity contribution in [2.45, 2.75) is 38.6 Å². The SMILES string of the molecule is O=C(CCc1cccc(Cl)c1Cl)NCc1nn(-c2ccccc2)c2c1CCC2. The van der Waals surface area contributed by atoms with Gasteiger partial charge in [-0.1, -0.05) is 53.5 Å². The number of hydrogen-bond donors (Lipinski definition) is 1. The van der Waals surface area contributed by atoms with Crippen LogP contribution in [0.4, 0.5) is 0 Å². The Bertz CT molecular complexity index is 999. The Labute approximate surface area is 174 Å². The first kappa shape index (κ1) is 19.0. The third kappa shape index (κ3) is 3.94. The van der Waals surface area contributed by atoms with Crippen LogP contribution in [0.5, 0.6) is 0 Å². The van der Waals surface area contributed by atoms with Crippen molar-refractivity contribution < 1.29 is 4.79 Å². The number of carbonyl (C=O) groups is 1. The first-order chi connectivity index (χ1) is 13.6. The predicted octanol–water partition coefficient (Wildman–Crippen LogP) is 4.92. The lowest BCUT2D eigenvalue weighted by molar-refractivity contribution is -0.121. The normalized spacial score (nSPS) is 12.8. The van der Waals surface area contributed by atoms with Gasteiger partial charge in [0.15, 0.2) is 0 Å². The number of rotatable bonds is 6. The molecule has 1 N–H and O–H groups in total. The molecule has 0 bridgehead atoms. The first-order valence-electron chi connectivity index (χ1n) is 9.48. The summed E-state index contributed by atoms with van der Waals surface area (Å²) in [5, 5.41) is 8.83. The summed E-state index contributed by atoms with van der Waals surface area (Å²) in [6.45, 7) is 0.449. The summed E-state index contributed by atoms with van der Waals surface area (Å²) < 4.78 is 2.02. The molecule has 1 aliphatic rings. The van der Waals surface area contributed by atoms with Crippen LogP contribution in [0.1, 0.15) is 35.4 Å². The van der Waals surface area contributed by atoms with Gasteiger partial charge in [-0.25, -0.2) is 4.68 Å². The van der Waals surface area contributed by atoms with Crippen molar-refractivity contribution in [3.63, 3.8) is 0 Å². The number of aryl methyl sites for hydroxylation is 1. The smallest absolute Gasteiger partial charge is 0.220 e. The molecule has 6 heteroatoms. The quantitative estimate of drug-likeness (QED) is 0.623. The molecule has 28 heavy (non-hydrogen) atoms. The van der Waals surface area contributed by atoms with E-state index in [1.165, 1.54) is 11.3 Å². The fourth-order valence-electron chi connectivity index (χ4n) is 3.70. The van der Waals surface area contributed by atoms with Crippen molar-refractivity contribution in [1.29, 1.82) is 0 Å². The molecule has 0 aliphatic heterocycles. The van der Waals surface area contributed by atoms with Crippen molar-refractivity contribution in [2.75, 3.05) is 0 Å². The molecule has 0 unspecified atom stereocenters. The number of hydrogen-bond acceptors (Lipinski definition) is 2. The van der Waals surface area contributed by atoms with Gasteiger partial charge in [0.25, 0.3) is 0 Å². The zero-order valence-electron chi connectivity index (χ0n) is 15.4. The average Bonchev–Trinajstić information content (AvgIpc) is 3.31. The lowest BCUT2D eigenvalue weighted by Gasteiger charge is -2.07. The number of para-hydroxylation sites is 1. The Morgan fingerprint density at radius 2 is 1.89 bits per heavy atom. The van der Waals surface area contributed by atoms with E-state index in [-0.39, 0.29) is 5.91 Å². The summed E-state index contributed by atoms with van der Waals surface area (Å²) in [6, 6.07) is 15.6. The number of amides is 1. The van der Waals surface area contributed by atoms with E-state index in [0.717, 1.165) is 36.2 Å².